The molecule has 1 aliphatic rings. The van der Waals surface area contributed by atoms with E-state index in [0.29, 0.717) is 24.3 Å². The lowest BCUT2D eigenvalue weighted by Gasteiger charge is -2.30. The van der Waals surface area contributed by atoms with Crippen LogP contribution in [0.2, 0.25) is 0 Å². The van der Waals surface area contributed by atoms with Gasteiger partial charge in [0.25, 0.3) is 0 Å². The number of benzene rings is 1. The van der Waals surface area contributed by atoms with Gasteiger partial charge in [-0.25, -0.2) is 4.68 Å². The lowest BCUT2D eigenvalue weighted by molar-refractivity contribution is -0.144. The van der Waals surface area contributed by atoms with Crippen molar-refractivity contribution in [3.63, 3.8) is 0 Å². The van der Waals surface area contributed by atoms with E-state index < -0.39 is 0 Å². The first-order chi connectivity index (χ1) is 13.7. The summed E-state index contributed by atoms with van der Waals surface area (Å²) >= 11 is 0. The number of nitrogens with zero attached hydrogens (tertiary/aromatic N) is 4. The molecule has 3 atom stereocenters. The van der Waals surface area contributed by atoms with Crippen LogP contribution >= 0.6 is 0 Å². The Morgan fingerprint density at radius 2 is 2.11 bits per heavy atom. The molecular weight excluding hydrogens is 356 g/mol. The molecule has 0 bridgehead atoms. The molecule has 0 radical (unpaired) electrons. The first-order valence-corrected chi connectivity index (χ1v) is 10.1. The summed E-state index contributed by atoms with van der Waals surface area (Å²) in [5, 5.41) is 15.7. The average molecular weight is 387 g/mol. The van der Waals surface area contributed by atoms with E-state index in [1.54, 1.807) is 6.92 Å². The molecule has 1 heterocycles. The van der Waals surface area contributed by atoms with Crippen molar-refractivity contribution in [1.29, 1.82) is 0 Å². The molecule has 3 N–H and O–H groups in total. The number of hydrogen-bond acceptors (Lipinski definition) is 7. The van der Waals surface area contributed by atoms with Gasteiger partial charge in [-0.1, -0.05) is 36.8 Å². The van der Waals surface area contributed by atoms with Crippen LogP contribution < -0.4 is 11.1 Å². The van der Waals surface area contributed by atoms with E-state index in [9.17, 15) is 4.79 Å². The molecule has 152 valence electrons. The number of esters is 1. The van der Waals surface area contributed by atoms with Crippen molar-refractivity contribution in [2.75, 3.05) is 19.7 Å². The molecule has 2 aromatic rings. The Morgan fingerprint density at radius 1 is 1.32 bits per heavy atom. The predicted octanol–water partition coefficient (Wildman–Crippen LogP) is 1.68. The van der Waals surface area contributed by atoms with Crippen molar-refractivity contribution >= 4 is 5.97 Å². The molecule has 0 aliphatic heterocycles. The van der Waals surface area contributed by atoms with E-state index in [-0.39, 0.29) is 18.6 Å². The molecule has 8 heteroatoms. The largest absolute Gasteiger partial charge is 0.465 e. The fraction of sp³-hybridized carbons (Fsp3) is 0.600. The second-order valence-electron chi connectivity index (χ2n) is 7.39. The zero-order chi connectivity index (χ0) is 19.8. The molecule has 1 saturated carbocycles. The van der Waals surface area contributed by atoms with Crippen molar-refractivity contribution < 1.29 is 9.53 Å². The van der Waals surface area contributed by atoms with Crippen LogP contribution in [0.5, 0.6) is 0 Å². The standard InChI is InChI=1S/C20H30N6O2/c1-2-28-18(27)14-26-20(23-24-25-26)19(17-9-4-3-5-10-17)22-13-16-8-6-7-15(11-16)12-21/h3-5,9-10,15-16,19,22H,2,6-8,11-14,21H2,1H3. The highest BCUT2D eigenvalue weighted by Gasteiger charge is 2.26. The third-order valence-corrected chi connectivity index (χ3v) is 5.37. The number of hydrogen-bond donors (Lipinski definition) is 2. The summed E-state index contributed by atoms with van der Waals surface area (Å²) in [5.74, 6) is 1.47. The highest BCUT2D eigenvalue weighted by atomic mass is 16.5. The summed E-state index contributed by atoms with van der Waals surface area (Å²) in [5.41, 5.74) is 6.95. The van der Waals surface area contributed by atoms with Gasteiger partial charge in [0.1, 0.15) is 6.54 Å². The zero-order valence-electron chi connectivity index (χ0n) is 16.5. The van der Waals surface area contributed by atoms with Gasteiger partial charge in [0.2, 0.25) is 0 Å². The van der Waals surface area contributed by atoms with Crippen LogP contribution in [0.15, 0.2) is 30.3 Å². The summed E-state index contributed by atoms with van der Waals surface area (Å²) in [6, 6.07) is 9.87. The number of carbonyl (C=O) groups is 1. The second kappa shape index (κ2) is 10.3. The molecule has 3 unspecified atom stereocenters. The molecule has 8 nitrogen and oxygen atoms in total. The van der Waals surface area contributed by atoms with Crippen LogP contribution in [0, 0.1) is 11.8 Å². The third-order valence-electron chi connectivity index (χ3n) is 5.37. The van der Waals surface area contributed by atoms with E-state index in [0.717, 1.165) is 25.1 Å². The topological polar surface area (TPSA) is 108 Å². The maximum Gasteiger partial charge on any atom is 0.327 e. The highest BCUT2D eigenvalue weighted by Crippen LogP contribution is 2.29. The van der Waals surface area contributed by atoms with Crippen molar-refractivity contribution in [3.05, 3.63) is 41.7 Å². The Balaban J connectivity index is 1.75. The van der Waals surface area contributed by atoms with Gasteiger partial charge >= 0.3 is 5.97 Å². The van der Waals surface area contributed by atoms with E-state index in [2.05, 4.69) is 20.8 Å². The number of ether oxygens (including phenoxy) is 1. The number of aromatic nitrogens is 4. The Morgan fingerprint density at radius 3 is 2.86 bits per heavy atom. The number of rotatable bonds is 9. The maximum absolute atomic E-state index is 11.9. The molecular formula is C20H30N6O2. The molecule has 1 fully saturated rings. The first kappa shape index (κ1) is 20.4. The van der Waals surface area contributed by atoms with Crippen LogP contribution in [0.4, 0.5) is 0 Å². The van der Waals surface area contributed by atoms with E-state index in [1.165, 1.54) is 23.9 Å². The minimum absolute atomic E-state index is 0.000136. The SMILES string of the molecule is CCOC(=O)Cn1nnnc1C(NCC1CCCC(CN)C1)c1ccccc1. The number of tetrazole rings is 1. The summed E-state index contributed by atoms with van der Waals surface area (Å²) in [7, 11) is 0. The smallest absolute Gasteiger partial charge is 0.327 e. The summed E-state index contributed by atoms with van der Waals surface area (Å²) < 4.78 is 6.57. The minimum atomic E-state index is -0.346. The number of carbonyl (C=O) groups excluding carboxylic acids is 1. The predicted molar refractivity (Wildman–Crippen MR) is 105 cm³/mol. The monoisotopic (exact) mass is 386 g/mol. The van der Waals surface area contributed by atoms with Crippen LogP contribution in [0.1, 0.15) is 50.0 Å². The Kier molecular flexibility index (Phi) is 7.50. The minimum Gasteiger partial charge on any atom is -0.465 e. The van der Waals surface area contributed by atoms with Crippen LogP contribution in [-0.4, -0.2) is 45.9 Å². The van der Waals surface area contributed by atoms with Gasteiger partial charge in [0.05, 0.1) is 12.6 Å². The van der Waals surface area contributed by atoms with Crippen molar-refractivity contribution in [2.24, 2.45) is 17.6 Å². The molecule has 1 aliphatic carbocycles. The number of nitrogens with one attached hydrogen (secondary N) is 1. The van der Waals surface area contributed by atoms with Crippen LogP contribution in [-0.2, 0) is 16.1 Å². The molecule has 28 heavy (non-hydrogen) atoms. The first-order valence-electron chi connectivity index (χ1n) is 10.1. The van der Waals surface area contributed by atoms with E-state index in [4.69, 9.17) is 10.5 Å². The fourth-order valence-corrected chi connectivity index (χ4v) is 3.95. The summed E-state index contributed by atoms with van der Waals surface area (Å²) in [6.07, 6.45) is 4.81. The summed E-state index contributed by atoms with van der Waals surface area (Å²) in [6.45, 7) is 3.74. The van der Waals surface area contributed by atoms with Gasteiger partial charge in [-0.2, -0.15) is 0 Å². The van der Waals surface area contributed by atoms with Gasteiger partial charge in [-0.15, -0.1) is 5.10 Å². The van der Waals surface area contributed by atoms with Crippen LogP contribution in [0.3, 0.4) is 0 Å². The van der Waals surface area contributed by atoms with Crippen molar-refractivity contribution in [1.82, 2.24) is 25.5 Å². The van der Waals surface area contributed by atoms with Gasteiger partial charge < -0.3 is 15.8 Å². The lowest BCUT2D eigenvalue weighted by Crippen LogP contribution is -2.34. The maximum atomic E-state index is 11.9. The highest BCUT2D eigenvalue weighted by molar-refractivity contribution is 5.69. The molecule has 1 aromatic carbocycles. The normalized spacial score (nSPS) is 20.6. The Bertz CT molecular complexity index is 735. The molecule has 0 amide bonds. The van der Waals surface area contributed by atoms with Crippen LogP contribution in [0.25, 0.3) is 0 Å². The molecule has 0 saturated heterocycles. The fourth-order valence-electron chi connectivity index (χ4n) is 3.95. The van der Waals surface area contributed by atoms with Crippen molar-refractivity contribution in [3.8, 4) is 0 Å². The Labute approximate surface area is 165 Å². The second-order valence-corrected chi connectivity index (χ2v) is 7.39. The zero-order valence-corrected chi connectivity index (χ0v) is 16.5. The van der Waals surface area contributed by atoms with E-state index >= 15 is 0 Å². The number of nitrogens with two attached hydrogens (primary N) is 1. The molecule has 0 spiro atoms. The average Bonchev–Trinajstić information content (AvgIpc) is 3.17. The van der Waals surface area contributed by atoms with E-state index in [1.807, 2.05) is 30.3 Å². The molecule has 3 rings (SSSR count). The molecule has 1 aromatic heterocycles. The Hall–Kier alpha value is -2.32. The van der Waals surface area contributed by atoms with Gasteiger partial charge in [0.15, 0.2) is 5.82 Å². The quantitative estimate of drug-likeness (QED) is 0.631. The van der Waals surface area contributed by atoms with Gasteiger partial charge in [-0.05, 0) is 67.1 Å². The van der Waals surface area contributed by atoms with Gasteiger partial charge in [0, 0.05) is 0 Å². The van der Waals surface area contributed by atoms with Gasteiger partial charge in [-0.3, -0.25) is 4.79 Å². The third kappa shape index (κ3) is 5.36. The van der Waals surface area contributed by atoms with Crippen molar-refractivity contribution in [2.45, 2.75) is 45.2 Å². The lowest BCUT2D eigenvalue weighted by atomic mass is 9.81. The summed E-state index contributed by atoms with van der Waals surface area (Å²) in [4.78, 5) is 11.9.